The minimum absolute atomic E-state index is 0.0242. The zero-order chi connectivity index (χ0) is 8.85. The largest absolute Gasteiger partial charge is 0.396 e. The van der Waals surface area contributed by atoms with E-state index in [4.69, 9.17) is 5.11 Å². The van der Waals surface area contributed by atoms with E-state index >= 15 is 0 Å². The quantitative estimate of drug-likeness (QED) is 0.628. The molecule has 0 heterocycles. The zero-order valence-electron chi connectivity index (χ0n) is 7.42. The van der Waals surface area contributed by atoms with Gasteiger partial charge in [-0.25, -0.2) is 0 Å². The lowest BCUT2D eigenvalue weighted by molar-refractivity contribution is -0.124. The molecular formula is C8H17NO2. The molecule has 1 amide bonds. The molecule has 0 aromatic rings. The van der Waals surface area contributed by atoms with Crippen molar-refractivity contribution in [3.05, 3.63) is 0 Å². The van der Waals surface area contributed by atoms with E-state index < -0.39 is 0 Å². The summed E-state index contributed by atoms with van der Waals surface area (Å²) in [6, 6.07) is 0.0786. The van der Waals surface area contributed by atoms with E-state index in [1.807, 2.05) is 20.8 Å². The number of amides is 1. The number of rotatable bonds is 4. The van der Waals surface area contributed by atoms with Crippen molar-refractivity contribution in [1.29, 1.82) is 0 Å². The SMILES string of the molecule is CC(C)C(=O)N[C@@H](C)CCO. The highest BCUT2D eigenvalue weighted by atomic mass is 16.3. The highest BCUT2D eigenvalue weighted by molar-refractivity contribution is 5.78. The lowest BCUT2D eigenvalue weighted by Crippen LogP contribution is -2.35. The number of carbonyl (C=O) groups excluding carboxylic acids is 1. The molecule has 0 aliphatic heterocycles. The number of hydrogen-bond acceptors (Lipinski definition) is 2. The van der Waals surface area contributed by atoms with Gasteiger partial charge in [0, 0.05) is 18.6 Å². The van der Waals surface area contributed by atoms with E-state index in [-0.39, 0.29) is 24.5 Å². The summed E-state index contributed by atoms with van der Waals surface area (Å²) in [5, 5.41) is 11.3. The van der Waals surface area contributed by atoms with E-state index in [1.54, 1.807) is 0 Å². The lowest BCUT2D eigenvalue weighted by atomic mass is 10.2. The van der Waals surface area contributed by atoms with Gasteiger partial charge in [0.05, 0.1) is 0 Å². The summed E-state index contributed by atoms with van der Waals surface area (Å²) in [7, 11) is 0. The average Bonchev–Trinajstić information content (AvgIpc) is 1.87. The topological polar surface area (TPSA) is 49.3 Å². The minimum atomic E-state index is 0.0242. The monoisotopic (exact) mass is 159 g/mol. The molecule has 0 aliphatic rings. The Hall–Kier alpha value is -0.570. The first-order chi connectivity index (χ1) is 5.07. The van der Waals surface area contributed by atoms with Crippen LogP contribution in [0.2, 0.25) is 0 Å². The van der Waals surface area contributed by atoms with Gasteiger partial charge in [-0.1, -0.05) is 13.8 Å². The maximum atomic E-state index is 11.0. The molecule has 0 radical (unpaired) electrons. The van der Waals surface area contributed by atoms with Gasteiger partial charge in [-0.15, -0.1) is 0 Å². The van der Waals surface area contributed by atoms with Crippen LogP contribution in [0.1, 0.15) is 27.2 Å². The molecule has 0 bridgehead atoms. The summed E-state index contributed by atoms with van der Waals surface area (Å²) < 4.78 is 0. The van der Waals surface area contributed by atoms with Gasteiger partial charge in [0.1, 0.15) is 0 Å². The van der Waals surface area contributed by atoms with E-state index in [0.717, 1.165) is 0 Å². The second-order valence-corrected chi connectivity index (χ2v) is 3.08. The van der Waals surface area contributed by atoms with Crippen molar-refractivity contribution in [2.24, 2.45) is 5.92 Å². The van der Waals surface area contributed by atoms with Crippen molar-refractivity contribution in [1.82, 2.24) is 5.32 Å². The predicted molar refractivity (Wildman–Crippen MR) is 44.1 cm³/mol. The molecule has 0 aromatic carbocycles. The van der Waals surface area contributed by atoms with Gasteiger partial charge in [0.25, 0.3) is 0 Å². The van der Waals surface area contributed by atoms with Crippen molar-refractivity contribution in [3.63, 3.8) is 0 Å². The maximum absolute atomic E-state index is 11.0. The molecule has 0 aromatic heterocycles. The molecule has 1 atom stereocenters. The van der Waals surface area contributed by atoms with Gasteiger partial charge in [0.2, 0.25) is 5.91 Å². The molecule has 66 valence electrons. The smallest absolute Gasteiger partial charge is 0.222 e. The van der Waals surface area contributed by atoms with Crippen LogP contribution in [0.15, 0.2) is 0 Å². The fourth-order valence-electron chi connectivity index (χ4n) is 0.675. The van der Waals surface area contributed by atoms with Gasteiger partial charge in [-0.05, 0) is 13.3 Å². The Balaban J connectivity index is 3.57. The Kier molecular flexibility index (Phi) is 4.86. The van der Waals surface area contributed by atoms with Crippen LogP contribution in [-0.2, 0) is 4.79 Å². The van der Waals surface area contributed by atoms with Gasteiger partial charge < -0.3 is 10.4 Å². The Labute approximate surface area is 67.8 Å². The predicted octanol–water partition coefficient (Wildman–Crippen LogP) is 0.529. The van der Waals surface area contributed by atoms with Crippen molar-refractivity contribution < 1.29 is 9.90 Å². The van der Waals surface area contributed by atoms with Crippen LogP contribution >= 0.6 is 0 Å². The first kappa shape index (κ1) is 10.4. The first-order valence-electron chi connectivity index (χ1n) is 3.99. The van der Waals surface area contributed by atoms with E-state index in [2.05, 4.69) is 5.32 Å². The standard InChI is InChI=1S/C8H17NO2/c1-6(2)8(11)9-7(3)4-5-10/h6-7,10H,4-5H2,1-3H3,(H,9,11)/t7-/m0/s1. The Morgan fingerprint density at radius 3 is 2.36 bits per heavy atom. The van der Waals surface area contributed by atoms with Crippen molar-refractivity contribution in [2.45, 2.75) is 33.2 Å². The lowest BCUT2D eigenvalue weighted by Gasteiger charge is -2.13. The zero-order valence-corrected chi connectivity index (χ0v) is 7.42. The fourth-order valence-corrected chi connectivity index (χ4v) is 0.675. The Morgan fingerprint density at radius 1 is 1.45 bits per heavy atom. The van der Waals surface area contributed by atoms with Crippen LogP contribution in [0.3, 0.4) is 0 Å². The second-order valence-electron chi connectivity index (χ2n) is 3.08. The number of carbonyl (C=O) groups is 1. The number of aliphatic hydroxyl groups is 1. The van der Waals surface area contributed by atoms with Crippen LogP contribution < -0.4 is 5.32 Å². The van der Waals surface area contributed by atoms with Gasteiger partial charge >= 0.3 is 0 Å². The molecule has 0 rings (SSSR count). The first-order valence-corrected chi connectivity index (χ1v) is 3.99. The van der Waals surface area contributed by atoms with E-state index in [1.165, 1.54) is 0 Å². The molecule has 0 saturated heterocycles. The van der Waals surface area contributed by atoms with Crippen LogP contribution in [0.5, 0.6) is 0 Å². The summed E-state index contributed by atoms with van der Waals surface area (Å²) in [4.78, 5) is 11.0. The van der Waals surface area contributed by atoms with Crippen molar-refractivity contribution in [2.75, 3.05) is 6.61 Å². The van der Waals surface area contributed by atoms with Gasteiger partial charge in [-0.3, -0.25) is 4.79 Å². The van der Waals surface area contributed by atoms with E-state index in [9.17, 15) is 4.79 Å². The summed E-state index contributed by atoms with van der Waals surface area (Å²) in [6.45, 7) is 5.71. The van der Waals surface area contributed by atoms with E-state index in [0.29, 0.717) is 6.42 Å². The van der Waals surface area contributed by atoms with Gasteiger partial charge in [-0.2, -0.15) is 0 Å². The van der Waals surface area contributed by atoms with Crippen molar-refractivity contribution in [3.8, 4) is 0 Å². The fraction of sp³-hybridized carbons (Fsp3) is 0.875. The third-order valence-electron chi connectivity index (χ3n) is 1.48. The van der Waals surface area contributed by atoms with Crippen LogP contribution in [-0.4, -0.2) is 23.7 Å². The van der Waals surface area contributed by atoms with Crippen molar-refractivity contribution >= 4 is 5.91 Å². The molecular weight excluding hydrogens is 142 g/mol. The molecule has 11 heavy (non-hydrogen) atoms. The Morgan fingerprint density at radius 2 is 2.00 bits per heavy atom. The molecule has 0 spiro atoms. The van der Waals surface area contributed by atoms with Gasteiger partial charge in [0.15, 0.2) is 0 Å². The summed E-state index contributed by atoms with van der Waals surface area (Å²) in [6.07, 6.45) is 0.623. The molecule has 0 saturated carbocycles. The maximum Gasteiger partial charge on any atom is 0.222 e. The molecule has 3 nitrogen and oxygen atoms in total. The number of nitrogens with one attached hydrogen (secondary N) is 1. The Bertz CT molecular complexity index is 123. The summed E-state index contributed by atoms with van der Waals surface area (Å²) in [5.74, 6) is 0.0714. The van der Waals surface area contributed by atoms with Crippen LogP contribution in [0, 0.1) is 5.92 Å². The van der Waals surface area contributed by atoms with Crippen LogP contribution in [0.4, 0.5) is 0 Å². The van der Waals surface area contributed by atoms with Crippen LogP contribution in [0.25, 0.3) is 0 Å². The second kappa shape index (κ2) is 5.13. The summed E-state index contributed by atoms with van der Waals surface area (Å²) >= 11 is 0. The molecule has 0 aliphatic carbocycles. The molecule has 0 unspecified atom stereocenters. The molecule has 0 fully saturated rings. The average molecular weight is 159 g/mol. The summed E-state index contributed by atoms with van der Waals surface area (Å²) in [5.41, 5.74) is 0. The minimum Gasteiger partial charge on any atom is -0.396 e. The molecule has 2 N–H and O–H groups in total. The molecule has 3 heteroatoms. The number of aliphatic hydroxyl groups excluding tert-OH is 1. The highest BCUT2D eigenvalue weighted by Crippen LogP contribution is 1.94. The number of hydrogen-bond donors (Lipinski definition) is 2. The third-order valence-corrected chi connectivity index (χ3v) is 1.48. The third kappa shape index (κ3) is 4.79. The highest BCUT2D eigenvalue weighted by Gasteiger charge is 2.09. The normalized spacial score (nSPS) is 13.2.